The molecule has 2 aromatic carbocycles. The van der Waals surface area contributed by atoms with Crippen LogP contribution < -0.4 is 10.2 Å². The van der Waals surface area contributed by atoms with Gasteiger partial charge < -0.3 is 15.3 Å². The van der Waals surface area contributed by atoms with E-state index in [1.54, 1.807) is 6.07 Å². The Kier molecular flexibility index (Phi) is 11.0. The summed E-state index contributed by atoms with van der Waals surface area (Å²) in [5.74, 6) is 0. The molecule has 2 rings (SSSR count). The number of azo groups is 1. The van der Waals surface area contributed by atoms with Gasteiger partial charge >= 0.3 is 5.69 Å². The highest BCUT2D eigenvalue weighted by Crippen LogP contribution is 2.35. The molecule has 0 saturated heterocycles. The van der Waals surface area contributed by atoms with Crippen molar-refractivity contribution in [1.29, 1.82) is 0 Å². The van der Waals surface area contributed by atoms with Gasteiger partial charge in [-0.05, 0) is 44.5 Å². The number of hydrogen-bond donors (Lipinski definition) is 2. The summed E-state index contributed by atoms with van der Waals surface area (Å²) >= 11 is 0. The molecule has 2 N–H and O–H groups in total. The molecule has 11 nitrogen and oxygen atoms in total. The van der Waals surface area contributed by atoms with Crippen LogP contribution in [0.5, 0.6) is 0 Å². The number of non-ortho nitro benzene ring substituents is 1. The van der Waals surface area contributed by atoms with Gasteiger partial charge in [0.05, 0.1) is 27.7 Å². The van der Waals surface area contributed by atoms with Crippen molar-refractivity contribution in [1.82, 2.24) is 0 Å². The highest BCUT2D eigenvalue weighted by atomic mass is 16.6. The summed E-state index contributed by atoms with van der Waals surface area (Å²) in [5, 5.41) is 44.2. The molecule has 0 aliphatic rings. The summed E-state index contributed by atoms with van der Waals surface area (Å²) in [7, 11) is 0. The van der Waals surface area contributed by atoms with Gasteiger partial charge in [-0.1, -0.05) is 32.6 Å². The van der Waals surface area contributed by atoms with E-state index in [1.165, 1.54) is 6.07 Å². The van der Waals surface area contributed by atoms with Crippen LogP contribution in [0.25, 0.3) is 0 Å². The Balaban J connectivity index is 2.31. The van der Waals surface area contributed by atoms with Crippen molar-refractivity contribution in [3.8, 4) is 0 Å². The number of hydrogen-bond acceptors (Lipinski definition) is 9. The maximum absolute atomic E-state index is 11.4. The maximum Gasteiger partial charge on any atom is 0.303 e. The zero-order chi connectivity index (χ0) is 25.8. The number of nitrogens with zero attached hydrogens (tertiary/aromatic N) is 5. The summed E-state index contributed by atoms with van der Waals surface area (Å²) < 4.78 is 0. The maximum atomic E-state index is 11.4. The normalized spacial score (nSPS) is 12.0. The first-order chi connectivity index (χ1) is 16.8. The lowest BCUT2D eigenvalue weighted by atomic mass is 10.1. The number of nitro groups is 2. The van der Waals surface area contributed by atoms with Crippen molar-refractivity contribution in [2.24, 2.45) is 10.2 Å². The van der Waals surface area contributed by atoms with Gasteiger partial charge in [0.25, 0.3) is 5.69 Å². The number of aliphatic hydroxyl groups is 1. The smallest absolute Gasteiger partial charge is 0.303 e. The molecule has 0 bridgehead atoms. The van der Waals surface area contributed by atoms with Crippen LogP contribution in [0.15, 0.2) is 46.6 Å². The van der Waals surface area contributed by atoms with Crippen LogP contribution in [0.3, 0.4) is 0 Å². The van der Waals surface area contributed by atoms with Crippen LogP contribution in [-0.4, -0.2) is 40.7 Å². The number of unbranched alkanes of at least 4 members (excludes halogenated alkanes) is 3. The zero-order valence-corrected chi connectivity index (χ0v) is 20.5. The first-order valence-electron chi connectivity index (χ1n) is 12.0. The lowest BCUT2D eigenvalue weighted by molar-refractivity contribution is -0.393. The van der Waals surface area contributed by atoms with Crippen LogP contribution in [0.1, 0.15) is 52.9 Å². The molecule has 0 saturated carbocycles. The first-order valence-corrected chi connectivity index (χ1v) is 12.0. The van der Waals surface area contributed by atoms with E-state index >= 15 is 0 Å². The third-order valence-electron chi connectivity index (χ3n) is 5.66. The third-order valence-corrected chi connectivity index (χ3v) is 5.66. The van der Waals surface area contributed by atoms with Crippen molar-refractivity contribution in [2.45, 2.75) is 59.0 Å². The van der Waals surface area contributed by atoms with Crippen LogP contribution in [0, 0.1) is 20.2 Å². The molecule has 190 valence electrons. The molecular weight excluding hydrogens is 452 g/mol. The molecular formula is C24H34N6O5. The Hall–Kier alpha value is -3.60. The topological polar surface area (TPSA) is 146 Å². The molecule has 0 aliphatic heterocycles. The molecule has 0 aliphatic carbocycles. The van der Waals surface area contributed by atoms with E-state index in [0.717, 1.165) is 56.6 Å². The van der Waals surface area contributed by atoms with Gasteiger partial charge in [-0.25, -0.2) is 0 Å². The average Bonchev–Trinajstić information content (AvgIpc) is 2.85. The number of rotatable bonds is 15. The molecule has 0 fully saturated rings. The molecule has 1 atom stereocenters. The molecule has 0 amide bonds. The number of benzene rings is 2. The van der Waals surface area contributed by atoms with Crippen molar-refractivity contribution in [3.63, 3.8) is 0 Å². The van der Waals surface area contributed by atoms with Crippen LogP contribution >= 0.6 is 0 Å². The van der Waals surface area contributed by atoms with Gasteiger partial charge in [0.2, 0.25) is 0 Å². The van der Waals surface area contributed by atoms with Crippen LogP contribution in [0.4, 0.5) is 34.1 Å². The largest absolute Gasteiger partial charge is 0.391 e. The Morgan fingerprint density at radius 3 is 2.26 bits per heavy atom. The van der Waals surface area contributed by atoms with Crippen LogP contribution in [0.2, 0.25) is 0 Å². The lowest BCUT2D eigenvalue weighted by Crippen LogP contribution is -2.22. The van der Waals surface area contributed by atoms with E-state index < -0.39 is 27.3 Å². The lowest BCUT2D eigenvalue weighted by Gasteiger charge is -2.22. The van der Waals surface area contributed by atoms with Gasteiger partial charge in [0.15, 0.2) is 5.69 Å². The third kappa shape index (κ3) is 8.29. The summed E-state index contributed by atoms with van der Waals surface area (Å²) in [6, 6.07) is 8.78. The molecule has 0 heterocycles. The van der Waals surface area contributed by atoms with E-state index in [4.69, 9.17) is 0 Å². The Morgan fingerprint density at radius 1 is 0.943 bits per heavy atom. The van der Waals surface area contributed by atoms with E-state index in [2.05, 4.69) is 41.2 Å². The monoisotopic (exact) mass is 486 g/mol. The van der Waals surface area contributed by atoms with Crippen molar-refractivity contribution in [3.05, 3.63) is 56.6 Å². The van der Waals surface area contributed by atoms with Gasteiger partial charge in [0, 0.05) is 31.4 Å². The minimum Gasteiger partial charge on any atom is -0.391 e. The zero-order valence-electron chi connectivity index (χ0n) is 20.5. The second-order valence-corrected chi connectivity index (χ2v) is 8.15. The fraction of sp³-hybridized carbons (Fsp3) is 0.500. The molecule has 2 aromatic rings. The molecule has 35 heavy (non-hydrogen) atoms. The quantitative estimate of drug-likeness (QED) is 0.126. The number of anilines is 2. The second kappa shape index (κ2) is 14.0. The Morgan fingerprint density at radius 2 is 1.63 bits per heavy atom. The highest BCUT2D eigenvalue weighted by Gasteiger charge is 2.19. The number of aliphatic hydroxyl groups excluding tert-OH is 1. The predicted octanol–water partition coefficient (Wildman–Crippen LogP) is 6.51. The molecule has 11 heteroatoms. The van der Waals surface area contributed by atoms with Crippen molar-refractivity contribution < 1.29 is 15.0 Å². The summed E-state index contributed by atoms with van der Waals surface area (Å²) in [5.41, 5.74) is 1.06. The number of nitrogens with one attached hydrogen (secondary N) is 1. The van der Waals surface area contributed by atoms with E-state index in [0.29, 0.717) is 24.3 Å². The minimum atomic E-state index is -0.723. The Bertz CT molecular complexity index is 1030. The highest BCUT2D eigenvalue weighted by molar-refractivity contribution is 5.72. The van der Waals surface area contributed by atoms with Crippen LogP contribution in [-0.2, 0) is 0 Å². The van der Waals surface area contributed by atoms with Gasteiger partial charge in [0.1, 0.15) is 5.69 Å². The number of nitro benzene ring substituents is 2. The molecule has 0 radical (unpaired) electrons. The second-order valence-electron chi connectivity index (χ2n) is 8.15. The SMILES string of the molecule is CCCCCCC(O)CNc1cc(N(CC)CC)ccc1N=Nc1ccc([N+](=O)[O-])cc1[N+](=O)[O-]. The fourth-order valence-corrected chi connectivity index (χ4v) is 3.64. The van der Waals surface area contributed by atoms with E-state index in [9.17, 15) is 25.3 Å². The van der Waals surface area contributed by atoms with E-state index in [-0.39, 0.29) is 5.69 Å². The standard InChI is InChI=1S/C24H34N6O5/c1-4-7-8-9-10-20(31)17-25-23-15-18(28(5-2)6-3)11-13-21(23)26-27-22-14-12-19(29(32)33)16-24(22)30(34)35/h11-16,20,25,31H,4-10,17H2,1-3H3. The fourth-order valence-electron chi connectivity index (χ4n) is 3.64. The van der Waals surface area contributed by atoms with Crippen molar-refractivity contribution >= 4 is 34.1 Å². The predicted molar refractivity (Wildman–Crippen MR) is 137 cm³/mol. The summed E-state index contributed by atoms with van der Waals surface area (Å²) in [6.07, 6.45) is 4.48. The van der Waals surface area contributed by atoms with Gasteiger partial charge in [-0.3, -0.25) is 20.2 Å². The molecule has 1 unspecified atom stereocenters. The molecule has 0 spiro atoms. The molecule has 0 aromatic heterocycles. The Labute approximate surface area is 205 Å². The van der Waals surface area contributed by atoms with Crippen molar-refractivity contribution in [2.75, 3.05) is 29.9 Å². The first kappa shape index (κ1) is 27.6. The van der Waals surface area contributed by atoms with Gasteiger partial charge in [-0.15, -0.1) is 10.2 Å². The summed E-state index contributed by atoms with van der Waals surface area (Å²) in [6.45, 7) is 8.20. The average molecular weight is 487 g/mol. The van der Waals surface area contributed by atoms with E-state index in [1.807, 2.05) is 12.1 Å². The van der Waals surface area contributed by atoms with Gasteiger partial charge in [-0.2, -0.15) is 0 Å². The minimum absolute atomic E-state index is 0.0877. The summed E-state index contributed by atoms with van der Waals surface area (Å²) in [4.78, 5) is 23.1.